The predicted octanol–water partition coefficient (Wildman–Crippen LogP) is 2.29. The first-order valence-electron chi connectivity index (χ1n) is 6.83. The molecule has 0 radical (unpaired) electrons. The highest BCUT2D eigenvalue weighted by Gasteiger charge is 2.06. The number of methoxy groups -OCH3 is 2. The monoisotopic (exact) mass is 425 g/mol. The van der Waals surface area contributed by atoms with Gasteiger partial charge in [0.1, 0.15) is 5.82 Å². The number of aliphatic imine (C=N–C) groups is 1. The highest BCUT2D eigenvalue weighted by atomic mass is 127. The van der Waals surface area contributed by atoms with Gasteiger partial charge in [-0.15, -0.1) is 24.0 Å². The molecule has 1 atom stereocenters. The van der Waals surface area contributed by atoms with Gasteiger partial charge in [0.05, 0.1) is 13.2 Å². The largest absolute Gasteiger partial charge is 0.383 e. The number of guanidine groups is 1. The smallest absolute Gasteiger partial charge is 0.191 e. The second-order valence-electron chi connectivity index (χ2n) is 4.79. The van der Waals surface area contributed by atoms with Crippen LogP contribution in [-0.2, 0) is 22.6 Å². The van der Waals surface area contributed by atoms with Gasteiger partial charge in [0, 0.05) is 39.4 Å². The minimum absolute atomic E-state index is 0. The van der Waals surface area contributed by atoms with Crippen LogP contribution in [0.2, 0.25) is 0 Å². The van der Waals surface area contributed by atoms with E-state index in [9.17, 15) is 4.39 Å². The minimum atomic E-state index is -0.253. The van der Waals surface area contributed by atoms with Gasteiger partial charge in [-0.25, -0.2) is 4.39 Å². The molecule has 1 rings (SSSR count). The van der Waals surface area contributed by atoms with Crippen LogP contribution in [-0.4, -0.2) is 39.9 Å². The lowest BCUT2D eigenvalue weighted by Gasteiger charge is -2.17. The number of nitrogens with one attached hydrogen (secondary N) is 2. The lowest BCUT2D eigenvalue weighted by atomic mass is 10.1. The Balaban J connectivity index is 0.00000441. The molecule has 0 aliphatic rings. The van der Waals surface area contributed by atoms with Crippen LogP contribution in [0.1, 0.15) is 18.1 Å². The quantitative estimate of drug-likeness (QED) is 0.400. The molecule has 1 aromatic rings. The molecule has 0 aromatic heterocycles. The van der Waals surface area contributed by atoms with E-state index in [1.165, 1.54) is 6.07 Å². The van der Waals surface area contributed by atoms with Gasteiger partial charge in [-0.1, -0.05) is 6.07 Å². The Morgan fingerprint density at radius 3 is 2.64 bits per heavy atom. The molecule has 0 aliphatic heterocycles. The van der Waals surface area contributed by atoms with E-state index in [1.54, 1.807) is 33.4 Å². The van der Waals surface area contributed by atoms with Crippen molar-refractivity contribution in [1.29, 1.82) is 0 Å². The summed E-state index contributed by atoms with van der Waals surface area (Å²) in [6.07, 6.45) is 0. The molecule has 0 fully saturated rings. The molecule has 1 unspecified atom stereocenters. The van der Waals surface area contributed by atoms with Crippen molar-refractivity contribution in [3.63, 3.8) is 0 Å². The fraction of sp³-hybridized carbons (Fsp3) is 0.533. The summed E-state index contributed by atoms with van der Waals surface area (Å²) in [6, 6.07) is 5.14. The first-order chi connectivity index (χ1) is 10.1. The van der Waals surface area contributed by atoms with Crippen molar-refractivity contribution in [1.82, 2.24) is 10.6 Å². The van der Waals surface area contributed by atoms with E-state index in [2.05, 4.69) is 15.6 Å². The highest BCUT2D eigenvalue weighted by Crippen LogP contribution is 2.11. The van der Waals surface area contributed by atoms with E-state index in [0.717, 1.165) is 5.56 Å². The number of nitrogens with zero attached hydrogens (tertiary/aromatic N) is 1. The Morgan fingerprint density at radius 2 is 2.05 bits per heavy atom. The zero-order valence-electron chi connectivity index (χ0n) is 13.5. The number of hydrogen-bond acceptors (Lipinski definition) is 3. The summed E-state index contributed by atoms with van der Waals surface area (Å²) in [5, 5.41) is 6.39. The van der Waals surface area contributed by atoms with E-state index >= 15 is 0 Å². The molecule has 0 bridgehead atoms. The second-order valence-corrected chi connectivity index (χ2v) is 4.79. The van der Waals surface area contributed by atoms with Crippen molar-refractivity contribution in [2.45, 2.75) is 26.1 Å². The van der Waals surface area contributed by atoms with Crippen LogP contribution in [0.5, 0.6) is 0 Å². The Kier molecular flexibility index (Phi) is 11.1. The maximum Gasteiger partial charge on any atom is 0.191 e. The molecule has 0 heterocycles. The average molecular weight is 425 g/mol. The first-order valence-corrected chi connectivity index (χ1v) is 6.83. The summed E-state index contributed by atoms with van der Waals surface area (Å²) in [5.74, 6) is 0.425. The SMILES string of the molecule is CN=C(NCc1ccc(F)c(COC)c1)NC(C)COC.I. The van der Waals surface area contributed by atoms with Crippen molar-refractivity contribution < 1.29 is 13.9 Å². The third-order valence-corrected chi connectivity index (χ3v) is 2.89. The number of halogens is 2. The summed E-state index contributed by atoms with van der Waals surface area (Å²) < 4.78 is 23.6. The second kappa shape index (κ2) is 11.6. The van der Waals surface area contributed by atoms with Gasteiger partial charge >= 0.3 is 0 Å². The Labute approximate surface area is 148 Å². The van der Waals surface area contributed by atoms with E-state index in [-0.39, 0.29) is 42.4 Å². The molecular weight excluding hydrogens is 400 g/mol. The van der Waals surface area contributed by atoms with Crippen LogP contribution in [0.25, 0.3) is 0 Å². The summed E-state index contributed by atoms with van der Waals surface area (Å²) in [5.41, 5.74) is 1.51. The van der Waals surface area contributed by atoms with Crippen LogP contribution in [0, 0.1) is 5.82 Å². The van der Waals surface area contributed by atoms with Gasteiger partial charge in [-0.2, -0.15) is 0 Å². The Morgan fingerprint density at radius 1 is 1.32 bits per heavy atom. The van der Waals surface area contributed by atoms with Gasteiger partial charge in [0.25, 0.3) is 0 Å². The molecule has 2 N–H and O–H groups in total. The van der Waals surface area contributed by atoms with Crippen LogP contribution in [0.4, 0.5) is 4.39 Å². The van der Waals surface area contributed by atoms with E-state index in [1.807, 2.05) is 6.92 Å². The van der Waals surface area contributed by atoms with Crippen molar-refractivity contribution in [3.8, 4) is 0 Å². The van der Waals surface area contributed by atoms with Crippen LogP contribution >= 0.6 is 24.0 Å². The third-order valence-electron chi connectivity index (χ3n) is 2.89. The van der Waals surface area contributed by atoms with Crippen molar-refractivity contribution in [3.05, 3.63) is 35.1 Å². The molecule has 0 spiro atoms. The lowest BCUT2D eigenvalue weighted by molar-refractivity contribution is 0.179. The van der Waals surface area contributed by atoms with Crippen molar-refractivity contribution >= 4 is 29.9 Å². The van der Waals surface area contributed by atoms with Gasteiger partial charge in [0.2, 0.25) is 0 Å². The topological polar surface area (TPSA) is 54.9 Å². The molecule has 0 amide bonds. The number of benzene rings is 1. The fourth-order valence-corrected chi connectivity index (χ4v) is 1.91. The average Bonchev–Trinajstić information content (AvgIpc) is 2.47. The summed E-state index contributed by atoms with van der Waals surface area (Å²) in [7, 11) is 4.91. The molecule has 0 saturated carbocycles. The lowest BCUT2D eigenvalue weighted by Crippen LogP contribution is -2.43. The van der Waals surface area contributed by atoms with Crippen LogP contribution in [0.3, 0.4) is 0 Å². The molecule has 5 nitrogen and oxygen atoms in total. The Hall–Kier alpha value is -0.930. The van der Waals surface area contributed by atoms with Gasteiger partial charge in [-0.3, -0.25) is 4.99 Å². The highest BCUT2D eigenvalue weighted by molar-refractivity contribution is 14.0. The predicted molar refractivity (Wildman–Crippen MR) is 97.2 cm³/mol. The van der Waals surface area contributed by atoms with Crippen molar-refractivity contribution in [2.75, 3.05) is 27.9 Å². The molecule has 0 aliphatic carbocycles. The minimum Gasteiger partial charge on any atom is -0.383 e. The zero-order chi connectivity index (χ0) is 15.7. The molecule has 1 aromatic carbocycles. The summed E-state index contributed by atoms with van der Waals surface area (Å²) in [6.45, 7) is 3.41. The summed E-state index contributed by atoms with van der Waals surface area (Å²) in [4.78, 5) is 4.14. The standard InChI is InChI=1S/C15H24FN3O2.HI/c1-11(9-20-3)19-15(17-2)18-8-12-5-6-14(16)13(7-12)10-21-4;/h5-7,11H,8-10H2,1-4H3,(H2,17,18,19);1H. The van der Waals surface area contributed by atoms with E-state index in [4.69, 9.17) is 9.47 Å². The molecule has 7 heteroatoms. The van der Waals surface area contributed by atoms with E-state index < -0.39 is 0 Å². The molecule has 0 saturated heterocycles. The maximum absolute atomic E-state index is 13.5. The Bertz CT molecular complexity index is 472. The summed E-state index contributed by atoms with van der Waals surface area (Å²) >= 11 is 0. The van der Waals surface area contributed by atoms with Gasteiger partial charge < -0.3 is 20.1 Å². The maximum atomic E-state index is 13.5. The normalized spacial score (nSPS) is 12.5. The van der Waals surface area contributed by atoms with Crippen molar-refractivity contribution in [2.24, 2.45) is 4.99 Å². The molecule has 126 valence electrons. The third kappa shape index (κ3) is 7.37. The number of ether oxygens (including phenoxy) is 2. The van der Waals surface area contributed by atoms with Gasteiger partial charge in [-0.05, 0) is 24.6 Å². The van der Waals surface area contributed by atoms with Crippen LogP contribution < -0.4 is 10.6 Å². The van der Waals surface area contributed by atoms with E-state index in [0.29, 0.717) is 24.7 Å². The fourth-order valence-electron chi connectivity index (χ4n) is 1.91. The molecule has 22 heavy (non-hydrogen) atoms. The number of rotatable bonds is 7. The molecular formula is C15H25FIN3O2. The number of hydrogen-bond donors (Lipinski definition) is 2. The first kappa shape index (κ1) is 21.1. The van der Waals surface area contributed by atoms with Gasteiger partial charge in [0.15, 0.2) is 5.96 Å². The van der Waals surface area contributed by atoms with Crippen LogP contribution in [0.15, 0.2) is 23.2 Å². The zero-order valence-corrected chi connectivity index (χ0v) is 15.8.